The first-order chi connectivity index (χ1) is 13.5. The van der Waals surface area contributed by atoms with E-state index in [1.807, 2.05) is 37.5 Å². The lowest BCUT2D eigenvalue weighted by Gasteiger charge is -2.10. The van der Waals surface area contributed by atoms with Gasteiger partial charge in [0.1, 0.15) is 0 Å². The molecule has 0 bridgehead atoms. The predicted octanol–water partition coefficient (Wildman–Crippen LogP) is 2.73. The van der Waals surface area contributed by atoms with Crippen molar-refractivity contribution in [2.24, 2.45) is 0 Å². The molecule has 2 aromatic heterocycles. The Labute approximate surface area is 166 Å². The van der Waals surface area contributed by atoms with Gasteiger partial charge in [0.05, 0.1) is 12.0 Å². The fourth-order valence-electron chi connectivity index (χ4n) is 2.70. The van der Waals surface area contributed by atoms with Gasteiger partial charge in [0.2, 0.25) is 5.91 Å². The van der Waals surface area contributed by atoms with Gasteiger partial charge in [-0.3, -0.25) is 25.0 Å². The third-order valence-electron chi connectivity index (χ3n) is 4.05. The van der Waals surface area contributed by atoms with Crippen LogP contribution in [0.5, 0.6) is 0 Å². The summed E-state index contributed by atoms with van der Waals surface area (Å²) in [5.41, 5.74) is 7.31. The molecule has 2 heterocycles. The van der Waals surface area contributed by atoms with Crippen LogP contribution in [0.4, 0.5) is 0 Å². The molecule has 146 valence electrons. The summed E-state index contributed by atoms with van der Waals surface area (Å²) in [5, 5.41) is 8.86. The Morgan fingerprint density at radius 3 is 2.68 bits per heavy atom. The van der Waals surface area contributed by atoms with Crippen LogP contribution in [-0.2, 0) is 11.3 Å². The average Bonchev–Trinajstić information content (AvgIpc) is 3.33. The van der Waals surface area contributed by atoms with Crippen LogP contribution in [0.25, 0.3) is 11.6 Å². The number of furan rings is 1. The van der Waals surface area contributed by atoms with Crippen LogP contribution in [0.1, 0.15) is 28.4 Å². The van der Waals surface area contributed by atoms with E-state index in [1.165, 1.54) is 11.8 Å². The van der Waals surface area contributed by atoms with Crippen LogP contribution in [-0.4, -0.2) is 32.3 Å². The van der Waals surface area contributed by atoms with Crippen molar-refractivity contribution in [3.8, 4) is 11.6 Å². The first-order valence-electron chi connectivity index (χ1n) is 8.76. The van der Waals surface area contributed by atoms with Crippen molar-refractivity contribution in [1.29, 1.82) is 0 Å². The van der Waals surface area contributed by atoms with Gasteiger partial charge in [0.15, 0.2) is 16.7 Å². The van der Waals surface area contributed by atoms with Crippen molar-refractivity contribution in [1.82, 2.24) is 25.6 Å². The average molecular weight is 399 g/mol. The molecule has 0 saturated carbocycles. The number of aromatic nitrogens is 3. The lowest BCUT2D eigenvalue weighted by atomic mass is 10.1. The van der Waals surface area contributed by atoms with Crippen LogP contribution >= 0.6 is 11.8 Å². The van der Waals surface area contributed by atoms with Crippen LogP contribution < -0.4 is 10.9 Å². The lowest BCUT2D eigenvalue weighted by Crippen LogP contribution is -2.42. The number of nitrogens with zero attached hydrogens (tertiary/aromatic N) is 3. The van der Waals surface area contributed by atoms with Crippen molar-refractivity contribution in [3.63, 3.8) is 0 Å². The maximum atomic E-state index is 12.2. The molecule has 2 amide bonds. The molecule has 2 N–H and O–H groups in total. The van der Waals surface area contributed by atoms with Gasteiger partial charge in [-0.05, 0) is 44.5 Å². The fraction of sp³-hybridized carbons (Fsp3) is 0.263. The monoisotopic (exact) mass is 399 g/mol. The molecular formula is C19H21N5O3S. The molecule has 8 nitrogen and oxygen atoms in total. The van der Waals surface area contributed by atoms with Crippen molar-refractivity contribution in [2.45, 2.75) is 32.5 Å². The van der Waals surface area contributed by atoms with Gasteiger partial charge >= 0.3 is 0 Å². The highest BCUT2D eigenvalue weighted by Crippen LogP contribution is 2.24. The fourth-order valence-corrected chi connectivity index (χ4v) is 3.50. The minimum absolute atomic E-state index is 0.0868. The van der Waals surface area contributed by atoms with E-state index >= 15 is 0 Å². The Kier molecular flexibility index (Phi) is 6.15. The molecule has 0 aliphatic heterocycles. The molecule has 1 aromatic carbocycles. The summed E-state index contributed by atoms with van der Waals surface area (Å²) in [5.74, 6) is 0.620. The number of amides is 2. The SMILES string of the molecule is CCn1c(SCC(=O)NNC(=O)c2ccc(C)cc2C)nnc1-c1ccco1. The highest BCUT2D eigenvalue weighted by atomic mass is 32.2. The molecule has 9 heteroatoms. The molecule has 0 atom stereocenters. The molecule has 3 aromatic rings. The number of hydrogen-bond donors (Lipinski definition) is 2. The Hall–Kier alpha value is -3.07. The molecule has 0 fully saturated rings. The van der Waals surface area contributed by atoms with Crippen LogP contribution in [0.3, 0.4) is 0 Å². The van der Waals surface area contributed by atoms with Crippen molar-refractivity contribution < 1.29 is 14.0 Å². The van der Waals surface area contributed by atoms with Gasteiger partial charge in [0.25, 0.3) is 5.91 Å². The minimum Gasteiger partial charge on any atom is -0.461 e. The van der Waals surface area contributed by atoms with Gasteiger partial charge in [-0.25, -0.2) is 0 Å². The van der Waals surface area contributed by atoms with Gasteiger partial charge in [-0.1, -0.05) is 29.5 Å². The molecule has 3 rings (SSSR count). The first kappa shape index (κ1) is 19.7. The highest BCUT2D eigenvalue weighted by Gasteiger charge is 2.16. The molecule has 0 aliphatic carbocycles. The number of carbonyl (C=O) groups is 2. The summed E-state index contributed by atoms with van der Waals surface area (Å²) in [6.45, 7) is 6.41. The molecule has 0 saturated heterocycles. The first-order valence-corrected chi connectivity index (χ1v) is 9.74. The van der Waals surface area contributed by atoms with E-state index < -0.39 is 0 Å². The number of nitrogens with one attached hydrogen (secondary N) is 2. The summed E-state index contributed by atoms with van der Waals surface area (Å²) in [6, 6.07) is 9.10. The Morgan fingerprint density at radius 2 is 2.00 bits per heavy atom. The quantitative estimate of drug-likeness (QED) is 0.488. The smallest absolute Gasteiger partial charge is 0.269 e. The molecular weight excluding hydrogens is 378 g/mol. The predicted molar refractivity (Wildman–Crippen MR) is 106 cm³/mol. The third-order valence-corrected chi connectivity index (χ3v) is 5.02. The second-order valence-electron chi connectivity index (χ2n) is 6.14. The maximum Gasteiger partial charge on any atom is 0.269 e. The normalized spacial score (nSPS) is 10.7. The van der Waals surface area contributed by atoms with Crippen LogP contribution in [0.15, 0.2) is 46.2 Å². The number of carbonyl (C=O) groups excluding carboxylic acids is 2. The zero-order valence-corrected chi connectivity index (χ0v) is 16.7. The van der Waals surface area contributed by atoms with Crippen molar-refractivity contribution >= 4 is 23.6 Å². The number of rotatable bonds is 6. The van der Waals surface area contributed by atoms with Gasteiger partial charge in [-0.15, -0.1) is 10.2 Å². The molecule has 0 radical (unpaired) electrons. The van der Waals surface area contributed by atoms with Crippen molar-refractivity contribution in [2.75, 3.05) is 5.75 Å². The van der Waals surface area contributed by atoms with Gasteiger partial charge in [0, 0.05) is 12.1 Å². The van der Waals surface area contributed by atoms with Gasteiger partial charge < -0.3 is 4.42 Å². The summed E-state index contributed by atoms with van der Waals surface area (Å²) in [4.78, 5) is 24.3. The van der Waals surface area contributed by atoms with E-state index in [9.17, 15) is 9.59 Å². The zero-order chi connectivity index (χ0) is 20.1. The van der Waals surface area contributed by atoms with E-state index in [4.69, 9.17) is 4.42 Å². The largest absolute Gasteiger partial charge is 0.461 e. The number of hydrogen-bond acceptors (Lipinski definition) is 6. The Bertz CT molecular complexity index is 982. The number of aryl methyl sites for hydroxylation is 2. The van der Waals surface area contributed by atoms with Gasteiger partial charge in [-0.2, -0.15) is 0 Å². The number of benzene rings is 1. The van der Waals surface area contributed by atoms with Crippen LogP contribution in [0, 0.1) is 13.8 Å². The summed E-state index contributed by atoms with van der Waals surface area (Å²) >= 11 is 1.23. The second-order valence-corrected chi connectivity index (χ2v) is 7.08. The minimum atomic E-state index is -0.354. The standard InChI is InChI=1S/C19H21N5O3S/c1-4-24-17(15-6-5-9-27-15)21-23-19(24)28-11-16(25)20-22-18(26)14-8-7-12(2)10-13(14)3/h5-10H,4,11H2,1-3H3,(H,20,25)(H,22,26). The Balaban J connectivity index is 1.55. The van der Waals surface area contributed by atoms with E-state index in [0.717, 1.165) is 11.1 Å². The number of thioether (sulfide) groups is 1. The molecule has 28 heavy (non-hydrogen) atoms. The van der Waals surface area contributed by atoms with Crippen LogP contribution in [0.2, 0.25) is 0 Å². The number of hydrazine groups is 1. The van der Waals surface area contributed by atoms with E-state index in [-0.39, 0.29) is 17.6 Å². The summed E-state index contributed by atoms with van der Waals surface area (Å²) in [7, 11) is 0. The highest BCUT2D eigenvalue weighted by molar-refractivity contribution is 7.99. The molecule has 0 unspecified atom stereocenters. The maximum absolute atomic E-state index is 12.2. The second kappa shape index (κ2) is 8.75. The van der Waals surface area contributed by atoms with E-state index in [2.05, 4.69) is 21.0 Å². The molecule has 0 spiro atoms. The third kappa shape index (κ3) is 4.42. The summed E-state index contributed by atoms with van der Waals surface area (Å²) < 4.78 is 7.23. The molecule has 0 aliphatic rings. The topological polar surface area (TPSA) is 102 Å². The van der Waals surface area contributed by atoms with Crippen molar-refractivity contribution in [3.05, 3.63) is 53.3 Å². The Morgan fingerprint density at radius 1 is 1.18 bits per heavy atom. The van der Waals surface area contributed by atoms with E-state index in [0.29, 0.717) is 28.8 Å². The van der Waals surface area contributed by atoms with E-state index in [1.54, 1.807) is 24.5 Å². The zero-order valence-electron chi connectivity index (χ0n) is 15.9. The lowest BCUT2D eigenvalue weighted by molar-refractivity contribution is -0.119. The summed E-state index contributed by atoms with van der Waals surface area (Å²) in [6.07, 6.45) is 1.57.